The lowest BCUT2D eigenvalue weighted by Gasteiger charge is -1.97. The van der Waals surface area contributed by atoms with E-state index in [9.17, 15) is 4.79 Å². The van der Waals surface area contributed by atoms with Gasteiger partial charge in [-0.05, 0) is 35.4 Å². The Balaban J connectivity index is 2.13. The predicted molar refractivity (Wildman–Crippen MR) is 78.0 cm³/mol. The highest BCUT2D eigenvalue weighted by atomic mass is 79.9. The van der Waals surface area contributed by atoms with Crippen molar-refractivity contribution in [1.82, 2.24) is 0 Å². The monoisotopic (exact) mass is 301 g/mol. The fourth-order valence-corrected chi connectivity index (χ4v) is 1.79. The molecule has 2 aromatic carbocycles. The lowest BCUT2D eigenvalue weighted by Crippen LogP contribution is -2.10. The van der Waals surface area contributed by atoms with Crippen LogP contribution in [0.5, 0.6) is 0 Å². The summed E-state index contributed by atoms with van der Waals surface area (Å²) in [5.41, 5.74) is 7.86. The van der Waals surface area contributed by atoms with Gasteiger partial charge >= 0.3 is 0 Å². The number of hydrogen-bond acceptors (Lipinski definition) is 1. The van der Waals surface area contributed by atoms with Gasteiger partial charge in [0.15, 0.2) is 0 Å². The van der Waals surface area contributed by atoms with Crippen molar-refractivity contribution in [1.29, 1.82) is 0 Å². The minimum Gasteiger partial charge on any atom is -0.366 e. The Labute approximate surface area is 114 Å². The topological polar surface area (TPSA) is 43.1 Å². The molecule has 0 saturated carbocycles. The molecule has 0 spiro atoms. The van der Waals surface area contributed by atoms with Gasteiger partial charge in [0.25, 0.3) is 0 Å². The van der Waals surface area contributed by atoms with Gasteiger partial charge in [-0.1, -0.05) is 52.3 Å². The smallest absolute Gasteiger partial charge is 0.248 e. The Morgan fingerprint density at radius 3 is 1.78 bits per heavy atom. The van der Waals surface area contributed by atoms with Gasteiger partial charge in [0.05, 0.1) is 0 Å². The maximum absolute atomic E-state index is 10.9. The number of primary amides is 1. The maximum atomic E-state index is 10.9. The van der Waals surface area contributed by atoms with Crippen molar-refractivity contribution in [2.45, 2.75) is 0 Å². The SMILES string of the molecule is NC(=O)c1ccc(/C=C/c2ccc(Br)cc2)cc1. The van der Waals surface area contributed by atoms with E-state index in [1.807, 2.05) is 48.6 Å². The largest absolute Gasteiger partial charge is 0.366 e. The van der Waals surface area contributed by atoms with Crippen LogP contribution < -0.4 is 5.73 Å². The highest BCUT2D eigenvalue weighted by Gasteiger charge is 1.97. The lowest BCUT2D eigenvalue weighted by molar-refractivity contribution is 0.100. The molecule has 18 heavy (non-hydrogen) atoms. The number of rotatable bonds is 3. The molecule has 0 saturated heterocycles. The summed E-state index contributed by atoms with van der Waals surface area (Å²) >= 11 is 3.40. The van der Waals surface area contributed by atoms with Crippen molar-refractivity contribution in [3.63, 3.8) is 0 Å². The van der Waals surface area contributed by atoms with Crippen LogP contribution in [0.2, 0.25) is 0 Å². The van der Waals surface area contributed by atoms with Crippen LogP contribution in [0.15, 0.2) is 53.0 Å². The molecule has 0 bridgehead atoms. The molecular formula is C15H12BrNO. The summed E-state index contributed by atoms with van der Waals surface area (Å²) in [6, 6.07) is 15.2. The first-order valence-electron chi connectivity index (χ1n) is 5.49. The second-order valence-electron chi connectivity index (χ2n) is 3.87. The van der Waals surface area contributed by atoms with E-state index in [-0.39, 0.29) is 0 Å². The van der Waals surface area contributed by atoms with Crippen molar-refractivity contribution < 1.29 is 4.79 Å². The zero-order chi connectivity index (χ0) is 13.0. The van der Waals surface area contributed by atoms with Crippen LogP contribution in [-0.2, 0) is 0 Å². The maximum Gasteiger partial charge on any atom is 0.248 e. The van der Waals surface area contributed by atoms with Crippen LogP contribution in [0.25, 0.3) is 12.2 Å². The molecule has 0 aliphatic rings. The summed E-state index contributed by atoms with van der Waals surface area (Å²) in [5.74, 6) is -0.404. The number of carbonyl (C=O) groups excluding carboxylic acids is 1. The molecule has 0 atom stereocenters. The van der Waals surface area contributed by atoms with Crippen molar-refractivity contribution in [2.24, 2.45) is 5.73 Å². The summed E-state index contributed by atoms with van der Waals surface area (Å²) in [6.45, 7) is 0. The van der Waals surface area contributed by atoms with Gasteiger partial charge in [0.1, 0.15) is 0 Å². The van der Waals surface area contributed by atoms with E-state index in [1.54, 1.807) is 12.1 Å². The molecule has 0 radical (unpaired) electrons. The Morgan fingerprint density at radius 2 is 1.33 bits per heavy atom. The number of halogens is 1. The Morgan fingerprint density at radius 1 is 0.889 bits per heavy atom. The number of carbonyl (C=O) groups is 1. The molecular weight excluding hydrogens is 290 g/mol. The molecule has 0 aliphatic carbocycles. The molecule has 0 unspecified atom stereocenters. The van der Waals surface area contributed by atoms with E-state index in [4.69, 9.17) is 5.73 Å². The van der Waals surface area contributed by atoms with Crippen LogP contribution in [0, 0.1) is 0 Å². The molecule has 2 aromatic rings. The number of amides is 1. The molecule has 2 nitrogen and oxygen atoms in total. The summed E-state index contributed by atoms with van der Waals surface area (Å²) in [5, 5.41) is 0. The second-order valence-corrected chi connectivity index (χ2v) is 4.79. The third-order valence-electron chi connectivity index (χ3n) is 2.53. The van der Waals surface area contributed by atoms with Crippen molar-refractivity contribution in [3.8, 4) is 0 Å². The number of hydrogen-bond donors (Lipinski definition) is 1. The quantitative estimate of drug-likeness (QED) is 0.863. The summed E-state index contributed by atoms with van der Waals surface area (Å²) in [6.07, 6.45) is 4.01. The van der Waals surface area contributed by atoms with E-state index in [1.165, 1.54) is 0 Å². The van der Waals surface area contributed by atoms with Crippen LogP contribution >= 0.6 is 15.9 Å². The Kier molecular flexibility index (Phi) is 3.95. The van der Waals surface area contributed by atoms with Crippen molar-refractivity contribution in [3.05, 3.63) is 69.7 Å². The first kappa shape index (κ1) is 12.6. The van der Waals surface area contributed by atoms with Crippen molar-refractivity contribution >= 4 is 34.0 Å². The van der Waals surface area contributed by atoms with Gasteiger partial charge in [-0.3, -0.25) is 4.79 Å². The first-order valence-corrected chi connectivity index (χ1v) is 6.28. The third-order valence-corrected chi connectivity index (χ3v) is 3.06. The standard InChI is InChI=1S/C15H12BrNO/c16-14-9-5-12(6-10-14)2-1-11-3-7-13(8-4-11)15(17)18/h1-10H,(H2,17,18)/b2-1+. The zero-order valence-electron chi connectivity index (χ0n) is 9.64. The molecule has 2 N–H and O–H groups in total. The van der Waals surface area contributed by atoms with Gasteiger partial charge in [0, 0.05) is 10.0 Å². The van der Waals surface area contributed by atoms with E-state index >= 15 is 0 Å². The van der Waals surface area contributed by atoms with E-state index < -0.39 is 5.91 Å². The summed E-state index contributed by atoms with van der Waals surface area (Å²) in [4.78, 5) is 10.9. The highest BCUT2D eigenvalue weighted by Crippen LogP contribution is 2.13. The van der Waals surface area contributed by atoms with Crippen molar-refractivity contribution in [2.75, 3.05) is 0 Å². The molecule has 1 amide bonds. The summed E-state index contributed by atoms with van der Waals surface area (Å²) in [7, 11) is 0. The number of benzene rings is 2. The zero-order valence-corrected chi connectivity index (χ0v) is 11.2. The Hall–Kier alpha value is -1.87. The molecule has 0 aromatic heterocycles. The lowest BCUT2D eigenvalue weighted by atomic mass is 10.1. The second kappa shape index (κ2) is 5.65. The molecule has 0 fully saturated rings. The normalized spacial score (nSPS) is 10.7. The van der Waals surface area contributed by atoms with Crippen LogP contribution in [-0.4, -0.2) is 5.91 Å². The van der Waals surface area contributed by atoms with E-state index in [0.29, 0.717) is 5.56 Å². The van der Waals surface area contributed by atoms with Gasteiger partial charge in [-0.25, -0.2) is 0 Å². The molecule has 3 heteroatoms. The fraction of sp³-hybridized carbons (Fsp3) is 0. The molecule has 0 aliphatic heterocycles. The van der Waals surface area contributed by atoms with Crippen LogP contribution in [0.4, 0.5) is 0 Å². The Bertz CT molecular complexity index is 570. The first-order chi connectivity index (χ1) is 8.65. The molecule has 0 heterocycles. The van der Waals surface area contributed by atoms with Gasteiger partial charge in [-0.2, -0.15) is 0 Å². The highest BCUT2D eigenvalue weighted by molar-refractivity contribution is 9.10. The van der Waals surface area contributed by atoms with Gasteiger partial charge in [0.2, 0.25) is 5.91 Å². The number of nitrogens with two attached hydrogens (primary N) is 1. The fourth-order valence-electron chi connectivity index (χ4n) is 1.52. The minimum absolute atomic E-state index is 0.404. The van der Waals surface area contributed by atoms with Gasteiger partial charge in [-0.15, -0.1) is 0 Å². The van der Waals surface area contributed by atoms with Crippen LogP contribution in [0.1, 0.15) is 21.5 Å². The van der Waals surface area contributed by atoms with Crippen LogP contribution in [0.3, 0.4) is 0 Å². The van der Waals surface area contributed by atoms with Gasteiger partial charge < -0.3 is 5.73 Å². The molecule has 2 rings (SSSR count). The average molecular weight is 302 g/mol. The predicted octanol–water partition coefficient (Wildman–Crippen LogP) is 3.72. The minimum atomic E-state index is -0.404. The van der Waals surface area contributed by atoms with E-state index in [0.717, 1.165) is 15.6 Å². The molecule has 90 valence electrons. The summed E-state index contributed by atoms with van der Waals surface area (Å²) < 4.78 is 1.06. The average Bonchev–Trinajstić information content (AvgIpc) is 2.38. The van der Waals surface area contributed by atoms with E-state index in [2.05, 4.69) is 15.9 Å². The third kappa shape index (κ3) is 3.31.